The van der Waals surface area contributed by atoms with Crippen molar-refractivity contribution in [1.29, 1.82) is 0 Å². The van der Waals surface area contributed by atoms with Crippen LogP contribution in [0.15, 0.2) is 36.5 Å². The predicted octanol–water partition coefficient (Wildman–Crippen LogP) is 2.00. The predicted molar refractivity (Wildman–Crippen MR) is 70.6 cm³/mol. The number of para-hydroxylation sites is 1. The van der Waals surface area contributed by atoms with Crippen molar-refractivity contribution in [2.24, 2.45) is 0 Å². The molecule has 1 aromatic heterocycles. The summed E-state index contributed by atoms with van der Waals surface area (Å²) in [6.45, 7) is 0.960. The number of nitrogens with zero attached hydrogens (tertiary/aromatic N) is 1. The number of carbonyl (C=O) groups is 1. The lowest BCUT2D eigenvalue weighted by atomic mass is 10.2. The number of rotatable bonds is 4. The van der Waals surface area contributed by atoms with E-state index in [1.165, 1.54) is 0 Å². The number of pyridine rings is 1. The van der Waals surface area contributed by atoms with Gasteiger partial charge >= 0.3 is 6.03 Å². The van der Waals surface area contributed by atoms with Gasteiger partial charge in [0.15, 0.2) is 0 Å². The molecule has 0 saturated heterocycles. The van der Waals surface area contributed by atoms with E-state index in [-0.39, 0.29) is 6.03 Å². The highest BCUT2D eigenvalue weighted by Crippen LogP contribution is 2.20. The Morgan fingerprint density at radius 1 is 1.33 bits per heavy atom. The fourth-order valence-corrected chi connectivity index (χ4v) is 1.64. The lowest BCUT2D eigenvalue weighted by Gasteiger charge is -2.09. The largest absolute Gasteiger partial charge is 0.383 e. The third kappa shape index (κ3) is 2.95. The van der Waals surface area contributed by atoms with Gasteiger partial charge in [0.1, 0.15) is 0 Å². The highest BCUT2D eigenvalue weighted by atomic mass is 16.5. The maximum atomic E-state index is 11.6. The van der Waals surface area contributed by atoms with Crippen molar-refractivity contribution in [1.82, 2.24) is 10.3 Å². The first-order valence-electron chi connectivity index (χ1n) is 5.69. The van der Waals surface area contributed by atoms with Crippen molar-refractivity contribution >= 4 is 22.6 Å². The van der Waals surface area contributed by atoms with Gasteiger partial charge in [-0.15, -0.1) is 0 Å². The lowest BCUT2D eigenvalue weighted by Crippen LogP contribution is -2.31. The van der Waals surface area contributed by atoms with Crippen molar-refractivity contribution in [2.75, 3.05) is 25.6 Å². The number of hydrogen-bond donors (Lipinski definition) is 2. The number of urea groups is 1. The van der Waals surface area contributed by atoms with Gasteiger partial charge in [0.2, 0.25) is 0 Å². The summed E-state index contributed by atoms with van der Waals surface area (Å²) in [5.74, 6) is 0. The van der Waals surface area contributed by atoms with Crippen LogP contribution in [0.2, 0.25) is 0 Å². The molecule has 0 aliphatic heterocycles. The Kier molecular flexibility index (Phi) is 4.09. The Labute approximate surface area is 105 Å². The molecule has 0 unspecified atom stereocenters. The lowest BCUT2D eigenvalue weighted by molar-refractivity contribution is 0.198. The van der Waals surface area contributed by atoms with Gasteiger partial charge < -0.3 is 15.4 Å². The second kappa shape index (κ2) is 5.97. The van der Waals surface area contributed by atoms with Crippen LogP contribution in [0, 0.1) is 0 Å². The molecular formula is C13H15N3O2. The minimum absolute atomic E-state index is 0.259. The molecule has 2 aromatic rings. The molecule has 0 radical (unpaired) electrons. The molecule has 2 rings (SSSR count). The zero-order valence-electron chi connectivity index (χ0n) is 10.1. The van der Waals surface area contributed by atoms with Crippen LogP contribution >= 0.6 is 0 Å². The number of ether oxygens (including phenoxy) is 1. The molecular weight excluding hydrogens is 230 g/mol. The Bertz CT molecular complexity index is 537. The molecule has 2 N–H and O–H groups in total. The third-order valence-electron chi connectivity index (χ3n) is 2.47. The van der Waals surface area contributed by atoms with Crippen LogP contribution in [-0.2, 0) is 4.74 Å². The van der Waals surface area contributed by atoms with Crippen LogP contribution in [0.3, 0.4) is 0 Å². The Morgan fingerprint density at radius 2 is 2.17 bits per heavy atom. The van der Waals surface area contributed by atoms with Crippen molar-refractivity contribution < 1.29 is 9.53 Å². The summed E-state index contributed by atoms with van der Waals surface area (Å²) in [6.07, 6.45) is 1.70. The second-order valence-electron chi connectivity index (χ2n) is 3.75. The molecule has 0 atom stereocenters. The van der Waals surface area contributed by atoms with Gasteiger partial charge in [-0.25, -0.2) is 4.79 Å². The maximum absolute atomic E-state index is 11.6. The number of nitrogens with one attached hydrogen (secondary N) is 2. The van der Waals surface area contributed by atoms with E-state index in [1.54, 1.807) is 13.3 Å². The number of benzene rings is 1. The molecule has 0 aliphatic rings. The number of methoxy groups -OCH3 is 1. The number of fused-ring (bicyclic) bond motifs is 1. The van der Waals surface area contributed by atoms with Gasteiger partial charge in [0.05, 0.1) is 17.8 Å². The molecule has 94 valence electrons. The Balaban J connectivity index is 2.09. The highest BCUT2D eigenvalue weighted by molar-refractivity contribution is 5.99. The monoisotopic (exact) mass is 245 g/mol. The molecule has 5 heteroatoms. The van der Waals surface area contributed by atoms with E-state index in [9.17, 15) is 4.79 Å². The van der Waals surface area contributed by atoms with Crippen molar-refractivity contribution in [3.05, 3.63) is 36.5 Å². The molecule has 0 fully saturated rings. The zero-order chi connectivity index (χ0) is 12.8. The molecule has 5 nitrogen and oxygen atoms in total. The van der Waals surface area contributed by atoms with Gasteiger partial charge in [-0.3, -0.25) is 4.98 Å². The Morgan fingerprint density at radius 3 is 3.00 bits per heavy atom. The van der Waals surface area contributed by atoms with E-state index >= 15 is 0 Å². The zero-order valence-corrected chi connectivity index (χ0v) is 10.1. The summed E-state index contributed by atoms with van der Waals surface area (Å²) in [7, 11) is 1.59. The van der Waals surface area contributed by atoms with E-state index in [1.807, 2.05) is 30.3 Å². The minimum Gasteiger partial charge on any atom is -0.383 e. The van der Waals surface area contributed by atoms with Gasteiger partial charge in [0.25, 0.3) is 0 Å². The summed E-state index contributed by atoms with van der Waals surface area (Å²) >= 11 is 0. The smallest absolute Gasteiger partial charge is 0.319 e. The van der Waals surface area contributed by atoms with Crippen LogP contribution < -0.4 is 10.6 Å². The van der Waals surface area contributed by atoms with Crippen molar-refractivity contribution in [3.63, 3.8) is 0 Å². The number of amides is 2. The summed E-state index contributed by atoms with van der Waals surface area (Å²) in [6, 6.07) is 9.22. The second-order valence-corrected chi connectivity index (χ2v) is 3.75. The van der Waals surface area contributed by atoms with E-state index in [0.717, 1.165) is 10.9 Å². The molecule has 1 aromatic carbocycles. The molecule has 0 spiro atoms. The average molecular weight is 245 g/mol. The summed E-state index contributed by atoms with van der Waals surface area (Å²) < 4.78 is 4.86. The number of anilines is 1. The van der Waals surface area contributed by atoms with Gasteiger partial charge in [-0.2, -0.15) is 0 Å². The topological polar surface area (TPSA) is 63.2 Å². The first-order chi connectivity index (χ1) is 8.81. The quantitative estimate of drug-likeness (QED) is 0.810. The van der Waals surface area contributed by atoms with Gasteiger partial charge in [-0.05, 0) is 12.1 Å². The van der Waals surface area contributed by atoms with Crippen LogP contribution in [0.5, 0.6) is 0 Å². The summed E-state index contributed by atoms with van der Waals surface area (Å²) in [5.41, 5.74) is 1.48. The molecule has 0 saturated carbocycles. The van der Waals surface area contributed by atoms with Crippen molar-refractivity contribution in [3.8, 4) is 0 Å². The fraction of sp³-hybridized carbons (Fsp3) is 0.231. The molecule has 2 amide bonds. The standard InChI is InChI=1S/C13H15N3O2/c1-18-9-8-15-13(17)16-11-6-2-4-10-5-3-7-14-12(10)11/h2-7H,8-9H2,1H3,(H2,15,16,17). The number of carbonyl (C=O) groups excluding carboxylic acids is 1. The molecule has 0 bridgehead atoms. The van der Waals surface area contributed by atoms with E-state index in [2.05, 4.69) is 15.6 Å². The van der Waals surface area contributed by atoms with Crippen LogP contribution in [-0.4, -0.2) is 31.3 Å². The first-order valence-corrected chi connectivity index (χ1v) is 5.69. The van der Waals surface area contributed by atoms with Crippen LogP contribution in [0.4, 0.5) is 10.5 Å². The maximum Gasteiger partial charge on any atom is 0.319 e. The summed E-state index contributed by atoms with van der Waals surface area (Å²) in [5, 5.41) is 6.46. The van der Waals surface area contributed by atoms with Gasteiger partial charge in [0, 0.05) is 25.2 Å². The van der Waals surface area contributed by atoms with E-state index < -0.39 is 0 Å². The SMILES string of the molecule is COCCNC(=O)Nc1cccc2cccnc12. The number of aromatic nitrogens is 1. The number of hydrogen-bond acceptors (Lipinski definition) is 3. The summed E-state index contributed by atoms with van der Waals surface area (Å²) in [4.78, 5) is 15.9. The van der Waals surface area contributed by atoms with E-state index in [4.69, 9.17) is 4.74 Å². The normalized spacial score (nSPS) is 10.3. The van der Waals surface area contributed by atoms with Crippen molar-refractivity contribution in [2.45, 2.75) is 0 Å². The van der Waals surface area contributed by atoms with E-state index in [0.29, 0.717) is 18.8 Å². The van der Waals surface area contributed by atoms with Crippen LogP contribution in [0.25, 0.3) is 10.9 Å². The molecule has 1 heterocycles. The average Bonchev–Trinajstić information content (AvgIpc) is 2.39. The Hall–Kier alpha value is -2.14. The van der Waals surface area contributed by atoms with Crippen LogP contribution in [0.1, 0.15) is 0 Å². The fourth-order valence-electron chi connectivity index (χ4n) is 1.64. The minimum atomic E-state index is -0.259. The van der Waals surface area contributed by atoms with Gasteiger partial charge in [-0.1, -0.05) is 18.2 Å². The first kappa shape index (κ1) is 12.3. The molecule has 0 aliphatic carbocycles. The third-order valence-corrected chi connectivity index (χ3v) is 2.47. The molecule has 18 heavy (non-hydrogen) atoms. The highest BCUT2D eigenvalue weighted by Gasteiger charge is 2.05.